The molecule has 0 saturated carbocycles. The van der Waals surface area contributed by atoms with Crippen LogP contribution in [0.5, 0.6) is 0 Å². The van der Waals surface area contributed by atoms with E-state index in [1.807, 2.05) is 12.1 Å². The lowest BCUT2D eigenvalue weighted by Crippen LogP contribution is -2.13. The van der Waals surface area contributed by atoms with Gasteiger partial charge in [0.25, 0.3) is 0 Å². The van der Waals surface area contributed by atoms with Gasteiger partial charge in [0.1, 0.15) is 0 Å². The van der Waals surface area contributed by atoms with E-state index in [-0.39, 0.29) is 5.91 Å². The maximum Gasteiger partial charge on any atom is 0.249 e. The maximum absolute atomic E-state index is 11.1. The lowest BCUT2D eigenvalue weighted by molar-refractivity contribution is 0.0999. The van der Waals surface area contributed by atoms with Gasteiger partial charge in [-0.05, 0) is 24.1 Å². The molecule has 0 aliphatic carbocycles. The number of carbonyl (C=O) groups excluding carboxylic acids is 1. The van der Waals surface area contributed by atoms with Crippen LogP contribution in [-0.2, 0) is 6.42 Å². The highest BCUT2D eigenvalue weighted by molar-refractivity contribution is 9.10. The van der Waals surface area contributed by atoms with Gasteiger partial charge < -0.3 is 5.73 Å². The Hall–Kier alpha value is -0.830. The summed E-state index contributed by atoms with van der Waals surface area (Å²) in [4.78, 5) is 11.1. The Labute approximate surface area is 86.3 Å². The molecule has 2 nitrogen and oxygen atoms in total. The summed E-state index contributed by atoms with van der Waals surface area (Å²) in [5, 5.41) is 0. The van der Waals surface area contributed by atoms with E-state index in [0.717, 1.165) is 22.9 Å². The van der Waals surface area contributed by atoms with E-state index < -0.39 is 0 Å². The smallest absolute Gasteiger partial charge is 0.249 e. The Morgan fingerprint density at radius 2 is 2.23 bits per heavy atom. The molecule has 1 rings (SSSR count). The number of hydrogen-bond donors (Lipinski definition) is 1. The summed E-state index contributed by atoms with van der Waals surface area (Å²) in [5.41, 5.74) is 6.89. The topological polar surface area (TPSA) is 43.1 Å². The van der Waals surface area contributed by atoms with E-state index in [9.17, 15) is 4.79 Å². The minimum atomic E-state index is -0.357. The van der Waals surface area contributed by atoms with Crippen LogP contribution in [0.15, 0.2) is 22.7 Å². The third-order valence-corrected chi connectivity index (χ3v) is 2.63. The Morgan fingerprint density at radius 1 is 1.54 bits per heavy atom. The van der Waals surface area contributed by atoms with Crippen LogP contribution in [-0.4, -0.2) is 5.91 Å². The molecule has 1 amide bonds. The standard InChI is InChI=1S/C10H12BrNO/c1-2-4-7-8(10(12)13)5-3-6-9(7)11/h3,5-6H,2,4H2,1H3,(H2,12,13). The average Bonchev–Trinajstić information content (AvgIpc) is 2.08. The van der Waals surface area contributed by atoms with E-state index in [1.165, 1.54) is 0 Å². The number of amides is 1. The summed E-state index contributed by atoms with van der Waals surface area (Å²) in [6.07, 6.45) is 1.88. The number of nitrogens with two attached hydrogens (primary N) is 1. The van der Waals surface area contributed by atoms with Gasteiger partial charge in [0.2, 0.25) is 5.91 Å². The molecule has 0 spiro atoms. The number of halogens is 1. The quantitative estimate of drug-likeness (QED) is 0.869. The van der Waals surface area contributed by atoms with Gasteiger partial charge >= 0.3 is 0 Å². The summed E-state index contributed by atoms with van der Waals surface area (Å²) in [6.45, 7) is 2.07. The van der Waals surface area contributed by atoms with Crippen LogP contribution in [0.2, 0.25) is 0 Å². The monoisotopic (exact) mass is 241 g/mol. The predicted octanol–water partition coefficient (Wildman–Crippen LogP) is 2.50. The molecular weight excluding hydrogens is 230 g/mol. The molecular formula is C10H12BrNO. The lowest BCUT2D eigenvalue weighted by Gasteiger charge is -2.07. The number of benzene rings is 1. The van der Waals surface area contributed by atoms with Gasteiger partial charge in [-0.2, -0.15) is 0 Å². The van der Waals surface area contributed by atoms with Crippen molar-refractivity contribution < 1.29 is 4.79 Å². The SMILES string of the molecule is CCCc1c(Br)cccc1C(N)=O. The first-order valence-electron chi connectivity index (χ1n) is 4.24. The summed E-state index contributed by atoms with van der Waals surface area (Å²) in [7, 11) is 0. The fourth-order valence-electron chi connectivity index (χ4n) is 1.29. The number of rotatable bonds is 3. The zero-order valence-corrected chi connectivity index (χ0v) is 9.10. The van der Waals surface area contributed by atoms with Gasteiger partial charge in [0, 0.05) is 10.0 Å². The molecule has 2 N–H and O–H groups in total. The predicted molar refractivity (Wildman–Crippen MR) is 56.7 cm³/mol. The summed E-state index contributed by atoms with van der Waals surface area (Å²) >= 11 is 3.41. The van der Waals surface area contributed by atoms with Crippen LogP contribution in [0.1, 0.15) is 29.3 Å². The van der Waals surface area contributed by atoms with E-state index in [4.69, 9.17) is 5.73 Å². The van der Waals surface area contributed by atoms with Gasteiger partial charge in [-0.15, -0.1) is 0 Å². The van der Waals surface area contributed by atoms with Crippen LogP contribution in [0, 0.1) is 0 Å². The molecule has 0 aliphatic heterocycles. The van der Waals surface area contributed by atoms with E-state index in [2.05, 4.69) is 22.9 Å². The van der Waals surface area contributed by atoms with Crippen molar-refractivity contribution in [2.45, 2.75) is 19.8 Å². The highest BCUT2D eigenvalue weighted by Gasteiger charge is 2.09. The van der Waals surface area contributed by atoms with Crippen molar-refractivity contribution in [2.24, 2.45) is 5.73 Å². The average molecular weight is 242 g/mol. The van der Waals surface area contributed by atoms with Crippen molar-refractivity contribution in [3.63, 3.8) is 0 Å². The van der Waals surface area contributed by atoms with Crippen molar-refractivity contribution in [1.82, 2.24) is 0 Å². The maximum atomic E-state index is 11.1. The molecule has 0 aromatic heterocycles. The van der Waals surface area contributed by atoms with Crippen molar-refractivity contribution in [3.05, 3.63) is 33.8 Å². The molecule has 0 unspecified atom stereocenters. The minimum absolute atomic E-state index is 0.357. The van der Waals surface area contributed by atoms with Crippen molar-refractivity contribution in [3.8, 4) is 0 Å². The van der Waals surface area contributed by atoms with Gasteiger partial charge in [0.15, 0.2) is 0 Å². The van der Waals surface area contributed by atoms with E-state index >= 15 is 0 Å². The third-order valence-electron chi connectivity index (χ3n) is 1.88. The highest BCUT2D eigenvalue weighted by atomic mass is 79.9. The second-order valence-corrected chi connectivity index (χ2v) is 3.73. The molecule has 1 aromatic carbocycles. The highest BCUT2D eigenvalue weighted by Crippen LogP contribution is 2.21. The molecule has 0 heterocycles. The Kier molecular flexibility index (Phi) is 3.48. The molecule has 13 heavy (non-hydrogen) atoms. The van der Waals surface area contributed by atoms with Crippen LogP contribution >= 0.6 is 15.9 Å². The summed E-state index contributed by atoms with van der Waals surface area (Å²) in [5.74, 6) is -0.357. The molecule has 1 aromatic rings. The van der Waals surface area contributed by atoms with Crippen molar-refractivity contribution >= 4 is 21.8 Å². The normalized spacial score (nSPS) is 10.0. The summed E-state index contributed by atoms with van der Waals surface area (Å²) in [6, 6.07) is 5.51. The molecule has 70 valence electrons. The zero-order valence-electron chi connectivity index (χ0n) is 7.51. The largest absolute Gasteiger partial charge is 0.366 e. The molecule has 0 atom stereocenters. The Balaban J connectivity index is 3.17. The van der Waals surface area contributed by atoms with Crippen molar-refractivity contribution in [2.75, 3.05) is 0 Å². The van der Waals surface area contributed by atoms with Crippen LogP contribution in [0.4, 0.5) is 0 Å². The van der Waals surface area contributed by atoms with Gasteiger partial charge in [-0.25, -0.2) is 0 Å². The molecule has 0 aliphatic rings. The first kappa shape index (κ1) is 10.3. The van der Waals surface area contributed by atoms with Gasteiger partial charge in [0.05, 0.1) is 0 Å². The molecule has 3 heteroatoms. The first-order valence-corrected chi connectivity index (χ1v) is 5.03. The first-order chi connectivity index (χ1) is 6.16. The second-order valence-electron chi connectivity index (χ2n) is 2.88. The third kappa shape index (κ3) is 2.31. The fraction of sp³-hybridized carbons (Fsp3) is 0.300. The number of hydrogen-bond acceptors (Lipinski definition) is 1. The van der Waals surface area contributed by atoms with E-state index in [0.29, 0.717) is 5.56 Å². The van der Waals surface area contributed by atoms with Crippen LogP contribution in [0.3, 0.4) is 0 Å². The van der Waals surface area contributed by atoms with Gasteiger partial charge in [-0.3, -0.25) is 4.79 Å². The van der Waals surface area contributed by atoms with Crippen LogP contribution < -0.4 is 5.73 Å². The Morgan fingerprint density at radius 3 is 2.77 bits per heavy atom. The minimum Gasteiger partial charge on any atom is -0.366 e. The molecule has 0 bridgehead atoms. The molecule has 0 fully saturated rings. The van der Waals surface area contributed by atoms with Crippen molar-refractivity contribution in [1.29, 1.82) is 0 Å². The fourth-order valence-corrected chi connectivity index (χ4v) is 1.86. The molecule has 0 radical (unpaired) electrons. The zero-order chi connectivity index (χ0) is 9.84. The summed E-state index contributed by atoms with van der Waals surface area (Å²) < 4.78 is 0.964. The van der Waals surface area contributed by atoms with E-state index in [1.54, 1.807) is 6.07 Å². The van der Waals surface area contributed by atoms with Crippen LogP contribution in [0.25, 0.3) is 0 Å². The number of primary amides is 1. The molecule has 0 saturated heterocycles. The van der Waals surface area contributed by atoms with Gasteiger partial charge in [-0.1, -0.05) is 35.3 Å². The lowest BCUT2D eigenvalue weighted by atomic mass is 10.0. The Bertz CT molecular complexity index is 323. The number of carbonyl (C=O) groups is 1. The second kappa shape index (κ2) is 4.42.